The number of carbonyl (C=O) groups is 6. The van der Waals surface area contributed by atoms with Crippen molar-refractivity contribution in [1.29, 1.82) is 0 Å². The predicted molar refractivity (Wildman–Crippen MR) is 507 cm³/mol. The number of methoxy groups -OCH3 is 1. The molecule has 0 bridgehead atoms. The zero-order valence-corrected chi connectivity index (χ0v) is 82.6. The van der Waals surface area contributed by atoms with Crippen LogP contribution < -0.4 is 50.6 Å². The van der Waals surface area contributed by atoms with Crippen molar-refractivity contribution in [2.45, 2.75) is 227 Å². The fourth-order valence-electron chi connectivity index (χ4n) is 14.5. The van der Waals surface area contributed by atoms with Crippen molar-refractivity contribution in [3.8, 4) is 0 Å². The summed E-state index contributed by atoms with van der Waals surface area (Å²) in [6.45, 7) is 19.7. The average molecular weight is 2020 g/mol. The topological polar surface area (TPSA) is 627 Å². The highest BCUT2D eigenvalue weighted by Gasteiger charge is 2.51. The van der Waals surface area contributed by atoms with Gasteiger partial charge >= 0.3 is 34.9 Å². The second-order valence-electron chi connectivity index (χ2n) is 37.2. The van der Waals surface area contributed by atoms with E-state index in [2.05, 4.69) is 91.2 Å². The summed E-state index contributed by atoms with van der Waals surface area (Å²) in [7, 11) is 1.43. The number of alkyl halides is 3. The minimum atomic E-state index is -5.43. The minimum Gasteiger partial charge on any atom is -0.442 e. The highest BCUT2D eigenvalue weighted by molar-refractivity contribution is 7.73. The molecule has 5 aliphatic heterocycles. The van der Waals surface area contributed by atoms with Crippen LogP contribution >= 0.6 is 46.6 Å². The Bertz CT molecular complexity index is 5850. The van der Waals surface area contributed by atoms with Crippen LogP contribution in [0.1, 0.15) is 138 Å². The first-order valence-corrected chi connectivity index (χ1v) is 57.6. The summed E-state index contributed by atoms with van der Waals surface area (Å²) in [5, 5.41) is 103. The molecule has 22 atom stereocenters. The molecule has 2 unspecified atom stereocenters. The summed E-state index contributed by atoms with van der Waals surface area (Å²) in [5.74, 6) is -5.10. The Morgan fingerprint density at radius 3 is 0.933 bits per heavy atom. The van der Waals surface area contributed by atoms with Crippen LogP contribution in [0.3, 0.4) is 0 Å². The number of Topliss-reactive ketones (excluding diaryl/α,β-unsaturated/α-hetero) is 5. The molecule has 5 saturated heterocycles. The number of nitrogens with one attached hydrogen (secondary N) is 5. The van der Waals surface area contributed by atoms with Crippen molar-refractivity contribution < 1.29 is 126 Å². The third-order valence-corrected chi connectivity index (χ3v) is 29.3. The molecule has 0 aliphatic carbocycles. The molecule has 5 fully saturated rings. The Kier molecular flexibility index (Phi) is 40.6. The zero-order valence-electron chi connectivity index (χ0n) is 77.3. The van der Waals surface area contributed by atoms with E-state index in [0.717, 1.165) is 53.8 Å². The van der Waals surface area contributed by atoms with Gasteiger partial charge in [-0.3, -0.25) is 95.7 Å². The summed E-state index contributed by atoms with van der Waals surface area (Å²) < 4.78 is 81.0. The number of hydrogen-bond acceptors (Lipinski definition) is 33. The fraction of sp³-hybridized carbons (Fsp3) is 0.627. The van der Waals surface area contributed by atoms with E-state index in [1.165, 1.54) is 55.6 Å². The Labute approximate surface area is 772 Å². The Hall–Kier alpha value is -7.71. The highest BCUT2D eigenvalue weighted by Crippen LogP contribution is 2.45. The second-order valence-corrected chi connectivity index (χ2v) is 59.2. The molecule has 10 rings (SSSR count). The minimum absolute atomic E-state index is 0.0417. The van der Waals surface area contributed by atoms with Gasteiger partial charge in [-0.05, 0) is 176 Å². The van der Waals surface area contributed by atoms with Crippen molar-refractivity contribution >= 4 is 113 Å². The van der Waals surface area contributed by atoms with Gasteiger partial charge in [-0.25, -0.2) is 24.0 Å². The molecule has 5 aromatic rings. The van der Waals surface area contributed by atoms with E-state index < -0.39 is 249 Å². The lowest BCUT2D eigenvalue weighted by Crippen LogP contribution is -2.40. The van der Waals surface area contributed by atoms with Crippen molar-refractivity contribution in [2.75, 3.05) is 105 Å². The summed E-state index contributed by atoms with van der Waals surface area (Å²) in [6, 6.07) is 0. The normalized spacial score (nSPS) is 26.3. The number of aromatic amines is 5. The number of aliphatic hydroxyl groups is 10. The highest BCUT2D eigenvalue weighted by atomic mass is 32.1. The standard InChI is InChI=1S/C18H24F3N2O8P.C17H27N2O6P.C16H25N2O7P.C16H25N2O6P.C16H25N2O5PS/c1-8(24)13(31-16(28)18(19,20)21)9-7-23(17(29)22-14(9)27)15-12(26)11(25)10(30-15)5-6-32(2,3)4;1-10(20)8-11-9-19(17(23)18-15(11)22)16-14(24-2)13(21)12(25-16)6-7-26(3,4)5;1-8(19)11(20)9-7-18(16(24)17-14(9)23)15-13(22)12(21)10(25-15)5-6-26(2,3)4;1-9(19)7-10-8-18(16(23)17-14(10)22)15-13(21)12(20)11(24-15)5-6-25(2,3)4;1-9(19)7-10-8-18(16(25)17-14(10)22)15-13(21)12(20)11(23-15)5-6-24(2,3)4/h7,10-13,15,25-26H,2,5-6H2,1,3-4H3,(H,22,27,29);9,12-14,16,21H,3,6-8H2,1-2,4-5H3,(H,18,22,23);7,10-13,15,20-22H,2,5-6H2,1,3-4H3,(H,17,23,24);8,11-13,15,20-21H,2,5-7H2,1,3-4H3,(H,17,22,23);8,11-13,15,20-21H,2,5-7H2,1,3-4H3,(H,17,22,25)/t10-,11-,12-,13?,15-;12-,13-,14-,16-;10-,11?,12-,13-,15-;2*11-,12-,13-,15-/m11111/s1. The molecule has 0 saturated carbocycles. The van der Waals surface area contributed by atoms with Crippen molar-refractivity contribution in [3.63, 3.8) is 0 Å². The van der Waals surface area contributed by atoms with Gasteiger partial charge < -0.3 is 84.2 Å². The Morgan fingerprint density at radius 2 is 0.649 bits per heavy atom. The van der Waals surface area contributed by atoms with Crippen LogP contribution in [0.2, 0.25) is 0 Å². The fourth-order valence-corrected chi connectivity index (χ4v) is 19.5. The molecule has 51 heteroatoms. The molecule has 5 aromatic heterocycles. The predicted octanol–water partition coefficient (Wildman–Crippen LogP) is -0.949. The van der Waals surface area contributed by atoms with Gasteiger partial charge in [-0.15, -0.1) is 65.9 Å². The number of halogens is 3. The van der Waals surface area contributed by atoms with Gasteiger partial charge in [0, 0.05) is 74.0 Å². The van der Waals surface area contributed by atoms with E-state index in [9.17, 15) is 136 Å². The van der Waals surface area contributed by atoms with Crippen LogP contribution in [0.4, 0.5) is 13.2 Å². The van der Waals surface area contributed by atoms with Gasteiger partial charge in [0.25, 0.3) is 27.8 Å². The molecular weight excluding hydrogens is 1890 g/mol. The molecule has 5 aliphatic rings. The van der Waals surface area contributed by atoms with E-state index in [1.807, 2.05) is 31.6 Å². The van der Waals surface area contributed by atoms with Crippen LogP contribution in [0.15, 0.2) is 74.1 Å². The molecule has 134 heavy (non-hydrogen) atoms. The van der Waals surface area contributed by atoms with Crippen LogP contribution in [0.5, 0.6) is 0 Å². The number of H-pyrrole nitrogens is 5. The van der Waals surface area contributed by atoms with E-state index in [4.69, 9.17) is 40.6 Å². The molecule has 752 valence electrons. The largest absolute Gasteiger partial charge is 0.490 e. The molecule has 0 aromatic carbocycles. The summed E-state index contributed by atoms with van der Waals surface area (Å²) in [6.07, 6.45) is 1.64. The monoisotopic (exact) mass is 2020 g/mol. The molecule has 0 amide bonds. The Morgan fingerprint density at radius 1 is 0.396 bits per heavy atom. The molecule has 0 spiro atoms. The van der Waals surface area contributed by atoms with E-state index >= 15 is 0 Å². The lowest BCUT2D eigenvalue weighted by molar-refractivity contribution is -0.205. The summed E-state index contributed by atoms with van der Waals surface area (Å²) in [5.41, 5.74) is -7.92. The average Bonchev–Trinajstić information content (AvgIpc) is 1.56. The molecule has 0 radical (unpaired) electrons. The first-order valence-electron chi connectivity index (χ1n) is 42.0. The van der Waals surface area contributed by atoms with E-state index in [1.54, 1.807) is 4.98 Å². The number of esters is 1. The molecule has 10 heterocycles. The maximum atomic E-state index is 12.6. The lowest BCUT2D eigenvalue weighted by Gasteiger charge is -2.21. The third-order valence-electron chi connectivity index (χ3n) is 21.6. The van der Waals surface area contributed by atoms with Crippen LogP contribution in [-0.4, -0.2) is 368 Å². The molecule has 42 nitrogen and oxygen atoms in total. The van der Waals surface area contributed by atoms with Crippen LogP contribution in [0, 0.1) is 4.77 Å². The lowest BCUT2D eigenvalue weighted by atomic mass is 10.1. The quantitative estimate of drug-likeness (QED) is 0.0140. The molecular formula is C83H126F3N10O32P5S. The van der Waals surface area contributed by atoms with Crippen molar-refractivity contribution in [2.24, 2.45) is 0 Å². The van der Waals surface area contributed by atoms with E-state index in [0.29, 0.717) is 49.0 Å². The number of ketones is 5. The molecule has 15 N–H and O–H groups in total. The van der Waals surface area contributed by atoms with Gasteiger partial charge in [0.15, 0.2) is 53.6 Å². The van der Waals surface area contributed by atoms with Gasteiger partial charge in [0.05, 0.1) is 41.6 Å². The number of aromatic nitrogens is 10. The number of nitrogens with zero attached hydrogens (tertiary/aromatic N) is 5. The van der Waals surface area contributed by atoms with E-state index in [-0.39, 0.29) is 63.6 Å². The van der Waals surface area contributed by atoms with Gasteiger partial charge in [-0.2, -0.15) is 13.2 Å². The van der Waals surface area contributed by atoms with Gasteiger partial charge in [0.1, 0.15) is 84.5 Å². The first-order chi connectivity index (χ1) is 61.5. The van der Waals surface area contributed by atoms with Crippen LogP contribution in [0.25, 0.3) is 0 Å². The maximum absolute atomic E-state index is 12.6. The first kappa shape index (κ1) is 115. The number of ether oxygens (including phenoxy) is 7. The smallest absolute Gasteiger partial charge is 0.442 e. The van der Waals surface area contributed by atoms with Crippen molar-refractivity contribution in [3.05, 3.63) is 157 Å². The maximum Gasteiger partial charge on any atom is 0.490 e. The van der Waals surface area contributed by atoms with Crippen molar-refractivity contribution in [1.82, 2.24) is 47.8 Å². The third kappa shape index (κ3) is 32.2. The number of carbonyl (C=O) groups excluding carboxylic acids is 6. The second kappa shape index (κ2) is 47.3. The SMILES string of the molecule is C=P(C)(C)CC[C@H]1O[C@@H](n2cc(C(O)C(C)=O)c(=O)[nH]c2=O)[C@H](O)[C@@H]1O.C=P(C)(C)CC[C@H]1O[C@@H](n2cc(C(OC(=O)C(F)(F)F)C(C)=O)c(=O)[nH]c2=O)[C@H](O)[C@@H]1O.C=P(C)(C)CC[C@H]1O[C@@H](n2cc(CC(C)=O)c(=O)[nH]c2=O)[C@H](O)[C@@H]1O.C=P(C)(C)CC[C@H]1O[C@@H](n2cc(CC(C)=O)c(=O)[nH]c2=O)[C@H](OC)[C@@H]1O.C=P(C)(C)CC[C@H]1O[C@@H](n2cc(CC(C)=O)c(=O)[nH]c2=S)[C@H](O)[C@@H]1O. The van der Waals surface area contributed by atoms with Gasteiger partial charge in [0.2, 0.25) is 0 Å². The van der Waals surface area contributed by atoms with Crippen LogP contribution in [-0.2, 0) is 81.2 Å². The number of hydrogen-bond donors (Lipinski definition) is 15. The van der Waals surface area contributed by atoms with Gasteiger partial charge in [-0.1, -0.05) is 0 Å². The number of rotatable bonds is 32. The zero-order chi connectivity index (χ0) is 102. The Balaban J connectivity index is 0.000000258. The number of aliphatic hydroxyl groups excluding tert-OH is 10. The summed E-state index contributed by atoms with van der Waals surface area (Å²) >= 11 is 5.15. The summed E-state index contributed by atoms with van der Waals surface area (Å²) in [4.78, 5) is 187.